The maximum atomic E-state index is 5.49. The van der Waals surface area contributed by atoms with Gasteiger partial charge in [-0.25, -0.2) is 0 Å². The Balaban J connectivity index is 3.75. The second kappa shape index (κ2) is 7.89. The van der Waals surface area contributed by atoms with Gasteiger partial charge in [0.15, 0.2) is 0 Å². The molecule has 0 spiro atoms. The Morgan fingerprint density at radius 3 is 2.47 bits per heavy atom. The molecule has 0 aliphatic heterocycles. The van der Waals surface area contributed by atoms with E-state index in [1.165, 1.54) is 25.7 Å². The van der Waals surface area contributed by atoms with Crippen LogP contribution in [0.3, 0.4) is 0 Å². The van der Waals surface area contributed by atoms with Crippen molar-refractivity contribution in [1.82, 2.24) is 5.32 Å². The number of hydrogen-bond donors (Lipinski definition) is 1. The van der Waals surface area contributed by atoms with E-state index in [0.29, 0.717) is 6.04 Å². The molecule has 0 radical (unpaired) electrons. The number of methoxy groups -OCH3 is 1. The molecule has 0 rings (SSSR count). The molecule has 1 unspecified atom stereocenters. The quantitative estimate of drug-likeness (QED) is 0.469. The van der Waals surface area contributed by atoms with Crippen molar-refractivity contribution in [3.8, 4) is 0 Å². The van der Waals surface area contributed by atoms with Crippen molar-refractivity contribution in [2.75, 3.05) is 14.2 Å². The lowest BCUT2D eigenvalue weighted by molar-refractivity contribution is -0.0110. The fraction of sp³-hybridized carbons (Fsp3) is 0.846. The van der Waals surface area contributed by atoms with Gasteiger partial charge in [0.05, 0.1) is 5.60 Å². The molecule has 0 saturated carbocycles. The second-order valence-corrected chi connectivity index (χ2v) is 4.58. The van der Waals surface area contributed by atoms with Crippen molar-refractivity contribution in [1.29, 1.82) is 0 Å². The van der Waals surface area contributed by atoms with E-state index >= 15 is 0 Å². The molecule has 0 aliphatic rings. The summed E-state index contributed by atoms with van der Waals surface area (Å²) in [7, 11) is 3.79. The zero-order valence-corrected chi connectivity index (χ0v) is 10.8. The van der Waals surface area contributed by atoms with E-state index in [4.69, 9.17) is 4.74 Å². The minimum Gasteiger partial charge on any atom is -0.377 e. The first-order valence-corrected chi connectivity index (χ1v) is 5.91. The number of likely N-dealkylation sites (N-methyl/N-ethyl adjacent to an activating group) is 1. The van der Waals surface area contributed by atoms with Gasteiger partial charge in [0.25, 0.3) is 0 Å². The highest BCUT2D eigenvalue weighted by Gasteiger charge is 2.26. The smallest absolute Gasteiger partial charge is 0.0774 e. The molecule has 0 amide bonds. The van der Waals surface area contributed by atoms with Crippen LogP contribution in [0.1, 0.15) is 46.0 Å². The average Bonchev–Trinajstić information content (AvgIpc) is 2.23. The van der Waals surface area contributed by atoms with Crippen LogP contribution in [0, 0.1) is 0 Å². The van der Waals surface area contributed by atoms with E-state index in [1.807, 2.05) is 13.1 Å². The molecule has 0 heterocycles. The van der Waals surface area contributed by atoms with E-state index < -0.39 is 0 Å². The lowest BCUT2D eigenvalue weighted by atomic mass is 9.93. The lowest BCUT2D eigenvalue weighted by Gasteiger charge is -2.33. The van der Waals surface area contributed by atoms with Gasteiger partial charge in [-0.15, -0.1) is 6.58 Å². The summed E-state index contributed by atoms with van der Waals surface area (Å²) in [4.78, 5) is 0. The van der Waals surface area contributed by atoms with Gasteiger partial charge in [0.1, 0.15) is 0 Å². The molecule has 90 valence electrons. The maximum absolute atomic E-state index is 5.49. The molecule has 2 heteroatoms. The number of ether oxygens (including phenoxy) is 1. The number of unbranched alkanes of at least 4 members (excludes halogenated alkanes) is 3. The number of hydrogen-bond acceptors (Lipinski definition) is 2. The number of rotatable bonds is 9. The summed E-state index contributed by atoms with van der Waals surface area (Å²) in [6.45, 7) is 8.00. The van der Waals surface area contributed by atoms with Crippen molar-refractivity contribution in [3.63, 3.8) is 0 Å². The average molecular weight is 213 g/mol. The number of allylic oxidation sites excluding steroid dienone is 1. The third kappa shape index (κ3) is 5.95. The van der Waals surface area contributed by atoms with Crippen molar-refractivity contribution >= 4 is 0 Å². The summed E-state index contributed by atoms with van der Waals surface area (Å²) >= 11 is 0. The monoisotopic (exact) mass is 213 g/mol. The van der Waals surface area contributed by atoms with Gasteiger partial charge >= 0.3 is 0 Å². The zero-order chi connectivity index (χ0) is 11.7. The van der Waals surface area contributed by atoms with Crippen LogP contribution in [0.5, 0.6) is 0 Å². The first-order chi connectivity index (χ1) is 7.08. The van der Waals surface area contributed by atoms with Crippen LogP contribution in [0.15, 0.2) is 12.7 Å². The van der Waals surface area contributed by atoms with Crippen LogP contribution in [0.25, 0.3) is 0 Å². The Hall–Kier alpha value is -0.340. The normalized spacial score (nSPS) is 13.9. The van der Waals surface area contributed by atoms with Crippen molar-refractivity contribution in [2.45, 2.75) is 57.6 Å². The molecule has 0 saturated heterocycles. The van der Waals surface area contributed by atoms with Crippen LogP contribution in [-0.2, 0) is 4.74 Å². The van der Waals surface area contributed by atoms with Crippen LogP contribution in [0.4, 0.5) is 0 Å². The van der Waals surface area contributed by atoms with Crippen LogP contribution in [0.2, 0.25) is 0 Å². The van der Waals surface area contributed by atoms with Crippen LogP contribution < -0.4 is 5.32 Å². The summed E-state index contributed by atoms with van der Waals surface area (Å²) in [6.07, 6.45) is 8.10. The molecular formula is C13H27NO. The molecule has 0 fully saturated rings. The summed E-state index contributed by atoms with van der Waals surface area (Å²) in [5, 5.41) is 3.34. The van der Waals surface area contributed by atoms with Crippen LogP contribution in [-0.4, -0.2) is 25.8 Å². The summed E-state index contributed by atoms with van der Waals surface area (Å²) in [6, 6.07) is 0.436. The molecule has 0 bridgehead atoms. The number of nitrogens with one attached hydrogen (secondary N) is 1. The molecule has 2 nitrogen and oxygen atoms in total. The Bertz CT molecular complexity index is 166. The van der Waals surface area contributed by atoms with E-state index in [0.717, 1.165) is 6.42 Å². The Labute approximate surface area is 95.1 Å². The lowest BCUT2D eigenvalue weighted by Crippen LogP contribution is -2.46. The van der Waals surface area contributed by atoms with E-state index in [-0.39, 0.29) is 5.60 Å². The minimum atomic E-state index is -0.0762. The fourth-order valence-electron chi connectivity index (χ4n) is 1.80. The molecular weight excluding hydrogens is 186 g/mol. The van der Waals surface area contributed by atoms with Gasteiger partial charge in [-0.1, -0.05) is 18.9 Å². The molecule has 1 atom stereocenters. The summed E-state index contributed by atoms with van der Waals surface area (Å²) in [5.74, 6) is 0. The highest BCUT2D eigenvalue weighted by atomic mass is 16.5. The Morgan fingerprint density at radius 1 is 1.33 bits per heavy atom. The van der Waals surface area contributed by atoms with E-state index in [9.17, 15) is 0 Å². The molecule has 15 heavy (non-hydrogen) atoms. The van der Waals surface area contributed by atoms with Gasteiger partial charge in [-0.05, 0) is 40.2 Å². The highest BCUT2D eigenvalue weighted by Crippen LogP contribution is 2.19. The van der Waals surface area contributed by atoms with E-state index in [2.05, 4.69) is 25.7 Å². The standard InChI is InChI=1S/C13H27NO/c1-6-7-8-9-10-11-12(14-4)13(2,3)15-5/h6,12,14H,1,7-11H2,2-5H3. The second-order valence-electron chi connectivity index (χ2n) is 4.58. The molecule has 0 aromatic rings. The first kappa shape index (κ1) is 14.7. The summed E-state index contributed by atoms with van der Waals surface area (Å²) < 4.78 is 5.49. The van der Waals surface area contributed by atoms with Gasteiger partial charge < -0.3 is 10.1 Å². The molecule has 0 aliphatic carbocycles. The molecule has 1 N–H and O–H groups in total. The molecule has 0 aromatic carbocycles. The molecule has 0 aromatic heterocycles. The highest BCUT2D eigenvalue weighted by molar-refractivity contribution is 4.84. The van der Waals surface area contributed by atoms with Gasteiger partial charge in [-0.2, -0.15) is 0 Å². The zero-order valence-electron chi connectivity index (χ0n) is 10.8. The van der Waals surface area contributed by atoms with Crippen molar-refractivity contribution in [3.05, 3.63) is 12.7 Å². The fourth-order valence-corrected chi connectivity index (χ4v) is 1.80. The largest absolute Gasteiger partial charge is 0.377 e. The third-order valence-corrected chi connectivity index (χ3v) is 3.11. The van der Waals surface area contributed by atoms with Crippen LogP contribution >= 0.6 is 0 Å². The predicted molar refractivity (Wildman–Crippen MR) is 67.2 cm³/mol. The van der Waals surface area contributed by atoms with Crippen molar-refractivity contribution < 1.29 is 4.74 Å². The topological polar surface area (TPSA) is 21.3 Å². The third-order valence-electron chi connectivity index (χ3n) is 3.11. The predicted octanol–water partition coefficient (Wildman–Crippen LogP) is 3.14. The summed E-state index contributed by atoms with van der Waals surface area (Å²) in [5.41, 5.74) is -0.0762. The first-order valence-electron chi connectivity index (χ1n) is 5.91. The van der Waals surface area contributed by atoms with Gasteiger partial charge in [0, 0.05) is 13.2 Å². The SMILES string of the molecule is C=CCCCCCC(NC)C(C)(C)OC. The van der Waals surface area contributed by atoms with Gasteiger partial charge in [-0.3, -0.25) is 0 Å². The van der Waals surface area contributed by atoms with Crippen molar-refractivity contribution in [2.24, 2.45) is 0 Å². The maximum Gasteiger partial charge on any atom is 0.0774 e. The van der Waals surface area contributed by atoms with Gasteiger partial charge in [0.2, 0.25) is 0 Å². The Morgan fingerprint density at radius 2 is 2.00 bits per heavy atom. The van der Waals surface area contributed by atoms with E-state index in [1.54, 1.807) is 7.11 Å². The Kier molecular flexibility index (Phi) is 7.71. The minimum absolute atomic E-state index is 0.0762.